The van der Waals surface area contributed by atoms with Crippen molar-refractivity contribution in [2.24, 2.45) is 0 Å². The molecular weight excluding hydrogens is 410 g/mol. The van der Waals surface area contributed by atoms with Gasteiger partial charge in [-0.1, -0.05) is 42.5 Å². The minimum absolute atomic E-state index is 0.00179. The normalized spacial score (nSPS) is 17.2. The summed E-state index contributed by atoms with van der Waals surface area (Å²) in [6, 6.07) is 17.9. The molecule has 0 aliphatic carbocycles. The summed E-state index contributed by atoms with van der Waals surface area (Å²) < 4.78 is 7.06. The smallest absolute Gasteiger partial charge is 0.303 e. The average Bonchev–Trinajstić information content (AvgIpc) is 3.21. The van der Waals surface area contributed by atoms with E-state index in [9.17, 15) is 9.59 Å². The molecule has 2 aromatic carbocycles. The summed E-state index contributed by atoms with van der Waals surface area (Å²) in [7, 11) is 1.64. The lowest BCUT2D eigenvalue weighted by Gasteiger charge is -2.31. The van der Waals surface area contributed by atoms with Crippen molar-refractivity contribution in [1.82, 2.24) is 14.8 Å². The average molecular weight is 435 g/mol. The maximum atomic E-state index is 12.2. The molecule has 0 fully saturated rings. The largest absolute Gasteiger partial charge is 0.497 e. The maximum absolute atomic E-state index is 12.2. The third-order valence-electron chi connectivity index (χ3n) is 5.44. The number of carbonyl (C=O) groups is 2. The van der Waals surface area contributed by atoms with Gasteiger partial charge in [0.25, 0.3) is 5.95 Å². The number of aliphatic carboxylic acids is 1. The van der Waals surface area contributed by atoms with E-state index in [4.69, 9.17) is 9.84 Å². The van der Waals surface area contributed by atoms with Crippen LogP contribution < -0.4 is 15.4 Å². The first-order valence-electron chi connectivity index (χ1n) is 10.5. The number of nitrogens with zero attached hydrogens (tertiary/aromatic N) is 3. The first-order chi connectivity index (χ1) is 15.5. The van der Waals surface area contributed by atoms with Crippen molar-refractivity contribution >= 4 is 23.8 Å². The van der Waals surface area contributed by atoms with Gasteiger partial charge in [-0.25, -0.2) is 4.68 Å². The Morgan fingerprint density at radius 3 is 2.56 bits per heavy atom. The molecular formula is C23H25N5O4. The van der Waals surface area contributed by atoms with Gasteiger partial charge in [-0.3, -0.25) is 14.9 Å². The van der Waals surface area contributed by atoms with Crippen molar-refractivity contribution in [3.05, 3.63) is 65.7 Å². The predicted molar refractivity (Wildman–Crippen MR) is 119 cm³/mol. The van der Waals surface area contributed by atoms with Gasteiger partial charge in [0.15, 0.2) is 0 Å². The lowest BCUT2D eigenvalue weighted by molar-refractivity contribution is -0.137. The van der Waals surface area contributed by atoms with Crippen LogP contribution in [0.4, 0.5) is 11.9 Å². The number of rotatable bonds is 8. The van der Waals surface area contributed by atoms with E-state index in [1.807, 2.05) is 42.5 Å². The van der Waals surface area contributed by atoms with E-state index in [-0.39, 0.29) is 43.2 Å². The molecule has 166 valence electrons. The van der Waals surface area contributed by atoms with Crippen LogP contribution in [-0.2, 0) is 9.59 Å². The molecule has 2 heterocycles. The standard InChI is InChI=1S/C23H25N5O4/c1-32-17-12-10-15(11-13-17)18-14-19(16-6-3-2-4-7-16)28-23(24-18)26-22(27-28)25-20(29)8-5-9-21(30)31/h2-4,6-7,10-13,18-19H,5,8-9,14H2,1H3,(H,30,31)(H2,24,25,26,27,29)/t18-,19+/m1/s1. The fraction of sp³-hybridized carbons (Fsp3) is 0.304. The van der Waals surface area contributed by atoms with Crippen molar-refractivity contribution in [2.75, 3.05) is 17.7 Å². The van der Waals surface area contributed by atoms with Gasteiger partial charge in [-0.15, -0.1) is 5.10 Å². The van der Waals surface area contributed by atoms with Crippen LogP contribution in [0.2, 0.25) is 0 Å². The number of hydrogen-bond acceptors (Lipinski definition) is 6. The van der Waals surface area contributed by atoms with Gasteiger partial charge < -0.3 is 15.2 Å². The molecule has 1 aliphatic rings. The van der Waals surface area contributed by atoms with E-state index < -0.39 is 5.97 Å². The number of nitrogens with one attached hydrogen (secondary N) is 2. The first-order valence-corrected chi connectivity index (χ1v) is 10.5. The number of methoxy groups -OCH3 is 1. The number of benzene rings is 2. The predicted octanol–water partition coefficient (Wildman–Crippen LogP) is 3.63. The summed E-state index contributed by atoms with van der Waals surface area (Å²) in [4.78, 5) is 27.3. The first kappa shape index (κ1) is 21.4. The van der Waals surface area contributed by atoms with Gasteiger partial charge in [0.2, 0.25) is 11.9 Å². The third-order valence-corrected chi connectivity index (χ3v) is 5.44. The molecule has 0 spiro atoms. The number of hydrogen-bond donors (Lipinski definition) is 3. The summed E-state index contributed by atoms with van der Waals surface area (Å²) in [6.07, 6.45) is 1.06. The quantitative estimate of drug-likeness (QED) is 0.494. The number of carboxylic acids is 1. The zero-order valence-corrected chi connectivity index (χ0v) is 17.7. The molecule has 2 atom stereocenters. The zero-order chi connectivity index (χ0) is 22.5. The Labute approximate surface area is 185 Å². The number of carbonyl (C=O) groups excluding carboxylic acids is 1. The second-order valence-corrected chi connectivity index (χ2v) is 7.63. The van der Waals surface area contributed by atoms with E-state index in [0.29, 0.717) is 5.95 Å². The summed E-state index contributed by atoms with van der Waals surface area (Å²) in [5.74, 6) is 0.321. The number of aromatic nitrogens is 3. The molecule has 4 rings (SSSR count). The summed E-state index contributed by atoms with van der Waals surface area (Å²) in [6.45, 7) is 0. The molecule has 3 aromatic rings. The second kappa shape index (κ2) is 9.51. The lowest BCUT2D eigenvalue weighted by Crippen LogP contribution is -2.28. The van der Waals surface area contributed by atoms with Crippen molar-refractivity contribution in [2.45, 2.75) is 37.8 Å². The minimum Gasteiger partial charge on any atom is -0.497 e. The van der Waals surface area contributed by atoms with Crippen molar-refractivity contribution in [3.8, 4) is 5.75 Å². The van der Waals surface area contributed by atoms with Crippen LogP contribution in [-0.4, -0.2) is 38.9 Å². The molecule has 9 nitrogen and oxygen atoms in total. The van der Waals surface area contributed by atoms with Crippen LogP contribution in [0, 0.1) is 0 Å². The highest BCUT2D eigenvalue weighted by Crippen LogP contribution is 2.38. The van der Waals surface area contributed by atoms with E-state index in [1.165, 1.54) is 0 Å². The van der Waals surface area contributed by atoms with Gasteiger partial charge in [0, 0.05) is 12.8 Å². The highest BCUT2D eigenvalue weighted by molar-refractivity contribution is 5.89. The number of amides is 1. The molecule has 0 saturated heterocycles. The van der Waals surface area contributed by atoms with Gasteiger partial charge in [-0.05, 0) is 36.1 Å². The van der Waals surface area contributed by atoms with Crippen molar-refractivity contribution in [3.63, 3.8) is 0 Å². The minimum atomic E-state index is -0.923. The molecule has 3 N–H and O–H groups in total. The monoisotopic (exact) mass is 435 g/mol. The molecule has 1 aliphatic heterocycles. The summed E-state index contributed by atoms with van der Waals surface area (Å²) >= 11 is 0. The van der Waals surface area contributed by atoms with Crippen LogP contribution >= 0.6 is 0 Å². The SMILES string of the molecule is COc1ccc([C@H]2C[C@@H](c3ccccc3)n3nc(NC(=O)CCCC(=O)O)nc3N2)cc1. The Bertz CT molecular complexity index is 1080. The molecule has 1 amide bonds. The Hall–Kier alpha value is -3.88. The molecule has 1 aromatic heterocycles. The number of ether oxygens (including phenoxy) is 1. The third kappa shape index (κ3) is 4.88. The Morgan fingerprint density at radius 2 is 1.88 bits per heavy atom. The number of carboxylic acid groups (broad SMARTS) is 1. The Balaban J connectivity index is 1.57. The Morgan fingerprint density at radius 1 is 1.12 bits per heavy atom. The van der Waals surface area contributed by atoms with Crippen LogP contribution in [0.1, 0.15) is 48.9 Å². The van der Waals surface area contributed by atoms with E-state index in [1.54, 1.807) is 11.8 Å². The molecule has 0 radical (unpaired) electrons. The van der Waals surface area contributed by atoms with Crippen LogP contribution in [0.15, 0.2) is 54.6 Å². The summed E-state index contributed by atoms with van der Waals surface area (Å²) in [5, 5.41) is 19.4. The van der Waals surface area contributed by atoms with Crippen molar-refractivity contribution in [1.29, 1.82) is 0 Å². The zero-order valence-electron chi connectivity index (χ0n) is 17.7. The van der Waals surface area contributed by atoms with Crippen LogP contribution in [0.3, 0.4) is 0 Å². The molecule has 9 heteroatoms. The topological polar surface area (TPSA) is 118 Å². The fourth-order valence-electron chi connectivity index (χ4n) is 3.83. The molecule has 0 bridgehead atoms. The highest BCUT2D eigenvalue weighted by atomic mass is 16.5. The van der Waals surface area contributed by atoms with Crippen LogP contribution in [0.25, 0.3) is 0 Å². The van der Waals surface area contributed by atoms with Gasteiger partial charge in [0.05, 0.1) is 19.2 Å². The van der Waals surface area contributed by atoms with Gasteiger partial charge in [-0.2, -0.15) is 4.98 Å². The summed E-state index contributed by atoms with van der Waals surface area (Å²) in [5.41, 5.74) is 2.19. The van der Waals surface area contributed by atoms with Gasteiger partial charge in [0.1, 0.15) is 5.75 Å². The molecule has 0 unspecified atom stereocenters. The van der Waals surface area contributed by atoms with E-state index >= 15 is 0 Å². The van der Waals surface area contributed by atoms with E-state index in [0.717, 1.165) is 23.3 Å². The van der Waals surface area contributed by atoms with Gasteiger partial charge >= 0.3 is 5.97 Å². The number of fused-ring (bicyclic) bond motifs is 1. The fourth-order valence-corrected chi connectivity index (χ4v) is 3.83. The Kier molecular flexibility index (Phi) is 6.34. The maximum Gasteiger partial charge on any atom is 0.303 e. The number of anilines is 2. The van der Waals surface area contributed by atoms with Crippen LogP contribution in [0.5, 0.6) is 5.75 Å². The second-order valence-electron chi connectivity index (χ2n) is 7.63. The van der Waals surface area contributed by atoms with Crippen molar-refractivity contribution < 1.29 is 19.4 Å². The molecule has 32 heavy (non-hydrogen) atoms. The lowest BCUT2D eigenvalue weighted by atomic mass is 9.93. The van der Waals surface area contributed by atoms with E-state index in [2.05, 4.69) is 32.8 Å². The highest BCUT2D eigenvalue weighted by Gasteiger charge is 2.31. The molecule has 0 saturated carbocycles.